The van der Waals surface area contributed by atoms with E-state index in [0.717, 1.165) is 0 Å². The smallest absolute Gasteiger partial charge is 0.0559 e. The Morgan fingerprint density at radius 2 is 1.32 bits per heavy atom. The maximum atomic E-state index is 6.56. The van der Waals surface area contributed by atoms with Crippen LogP contribution in [0.2, 0.25) is 0 Å². The fraction of sp³-hybridized carbons (Fsp3) is 0.333. The van der Waals surface area contributed by atoms with Crippen LogP contribution in [0.3, 0.4) is 0 Å². The number of benzene rings is 2. The van der Waals surface area contributed by atoms with Crippen molar-refractivity contribution >= 4 is 0 Å². The van der Waals surface area contributed by atoms with Gasteiger partial charge < -0.3 is 5.73 Å². The van der Waals surface area contributed by atoms with E-state index >= 15 is 0 Å². The quantitative estimate of drug-likeness (QED) is 0.849. The van der Waals surface area contributed by atoms with Crippen molar-refractivity contribution in [1.29, 1.82) is 0 Å². The number of aryl methyl sites for hydroxylation is 3. The van der Waals surface area contributed by atoms with Crippen molar-refractivity contribution in [3.8, 4) is 0 Å². The average Bonchev–Trinajstić information content (AvgIpc) is 2.37. The molecular weight excluding hydrogens is 230 g/mol. The molecule has 0 fully saturated rings. The molecular formula is C18H23N. The van der Waals surface area contributed by atoms with Crippen molar-refractivity contribution in [1.82, 2.24) is 0 Å². The predicted octanol–water partition coefficient (Wildman–Crippen LogP) is 4.28. The second-order valence-electron chi connectivity index (χ2n) is 5.51. The Morgan fingerprint density at radius 1 is 0.789 bits per heavy atom. The summed E-state index contributed by atoms with van der Waals surface area (Å²) in [5.41, 5.74) is 15.6. The van der Waals surface area contributed by atoms with Crippen LogP contribution in [0.4, 0.5) is 0 Å². The number of rotatable bonds is 2. The summed E-state index contributed by atoms with van der Waals surface area (Å²) in [7, 11) is 0. The minimum Gasteiger partial charge on any atom is -0.320 e. The van der Waals surface area contributed by atoms with Crippen molar-refractivity contribution in [3.05, 3.63) is 69.3 Å². The van der Waals surface area contributed by atoms with Crippen LogP contribution in [-0.4, -0.2) is 0 Å². The first kappa shape index (κ1) is 13.8. The van der Waals surface area contributed by atoms with Gasteiger partial charge in [0.2, 0.25) is 0 Å². The molecule has 0 saturated carbocycles. The molecule has 0 heterocycles. The second-order valence-corrected chi connectivity index (χ2v) is 5.51. The highest BCUT2D eigenvalue weighted by atomic mass is 14.6. The van der Waals surface area contributed by atoms with Crippen molar-refractivity contribution in [2.75, 3.05) is 0 Å². The Balaban J connectivity index is 2.63. The number of hydrogen-bond donors (Lipinski definition) is 1. The molecule has 1 heteroatoms. The van der Waals surface area contributed by atoms with Crippen LogP contribution in [0.5, 0.6) is 0 Å². The fourth-order valence-electron chi connectivity index (χ4n) is 2.81. The molecule has 2 aromatic rings. The zero-order valence-electron chi connectivity index (χ0n) is 12.5. The van der Waals surface area contributed by atoms with Crippen LogP contribution in [0.25, 0.3) is 0 Å². The Morgan fingerprint density at radius 3 is 1.84 bits per heavy atom. The van der Waals surface area contributed by atoms with Gasteiger partial charge in [0.15, 0.2) is 0 Å². The first-order valence-electron chi connectivity index (χ1n) is 6.82. The topological polar surface area (TPSA) is 26.0 Å². The average molecular weight is 253 g/mol. The van der Waals surface area contributed by atoms with Crippen molar-refractivity contribution in [2.45, 2.75) is 40.7 Å². The van der Waals surface area contributed by atoms with Crippen LogP contribution >= 0.6 is 0 Å². The minimum atomic E-state index is -0.0419. The van der Waals surface area contributed by atoms with Crippen molar-refractivity contribution in [2.24, 2.45) is 5.73 Å². The van der Waals surface area contributed by atoms with Gasteiger partial charge in [0.1, 0.15) is 0 Å². The lowest BCUT2D eigenvalue weighted by atomic mass is 9.86. The van der Waals surface area contributed by atoms with E-state index in [-0.39, 0.29) is 6.04 Å². The van der Waals surface area contributed by atoms with Gasteiger partial charge in [0, 0.05) is 0 Å². The van der Waals surface area contributed by atoms with E-state index in [4.69, 9.17) is 5.73 Å². The molecule has 0 aliphatic carbocycles. The van der Waals surface area contributed by atoms with Crippen molar-refractivity contribution in [3.63, 3.8) is 0 Å². The lowest BCUT2D eigenvalue weighted by Crippen LogP contribution is -2.17. The van der Waals surface area contributed by atoms with Crippen LogP contribution < -0.4 is 5.73 Å². The molecule has 2 N–H and O–H groups in total. The zero-order valence-corrected chi connectivity index (χ0v) is 12.5. The minimum absolute atomic E-state index is 0.0419. The van der Waals surface area contributed by atoms with Gasteiger partial charge in [-0.2, -0.15) is 0 Å². The van der Waals surface area contributed by atoms with E-state index in [2.05, 4.69) is 65.0 Å². The van der Waals surface area contributed by atoms with Crippen LogP contribution in [0.1, 0.15) is 45.0 Å². The first-order valence-corrected chi connectivity index (χ1v) is 6.82. The molecule has 2 rings (SSSR count). The molecule has 0 amide bonds. The van der Waals surface area contributed by atoms with Crippen LogP contribution in [0, 0.1) is 34.6 Å². The molecule has 100 valence electrons. The SMILES string of the molecule is Cc1ccccc1C(N)c1c(C)c(C)cc(C)c1C. The largest absolute Gasteiger partial charge is 0.320 e. The lowest BCUT2D eigenvalue weighted by molar-refractivity contribution is 0.837. The Labute approximate surface area is 116 Å². The normalized spacial score (nSPS) is 12.5. The second kappa shape index (κ2) is 5.18. The third-order valence-corrected chi connectivity index (χ3v) is 4.26. The molecule has 0 spiro atoms. The molecule has 0 aliphatic heterocycles. The maximum Gasteiger partial charge on any atom is 0.0559 e. The third-order valence-electron chi connectivity index (χ3n) is 4.26. The predicted molar refractivity (Wildman–Crippen MR) is 82.6 cm³/mol. The van der Waals surface area contributed by atoms with Gasteiger partial charge >= 0.3 is 0 Å². The Bertz CT molecular complexity index is 585. The molecule has 2 aromatic carbocycles. The van der Waals surface area contributed by atoms with Crippen LogP contribution in [0.15, 0.2) is 30.3 Å². The summed E-state index contributed by atoms with van der Waals surface area (Å²) in [6.45, 7) is 10.8. The van der Waals surface area contributed by atoms with E-state index in [1.807, 2.05) is 0 Å². The number of nitrogens with two attached hydrogens (primary N) is 1. The van der Waals surface area contributed by atoms with Gasteiger partial charge in [-0.1, -0.05) is 30.3 Å². The molecule has 0 saturated heterocycles. The summed E-state index contributed by atoms with van der Waals surface area (Å²) in [6, 6.07) is 10.6. The summed E-state index contributed by atoms with van der Waals surface area (Å²) in [4.78, 5) is 0. The Hall–Kier alpha value is -1.60. The van der Waals surface area contributed by atoms with Gasteiger partial charge in [-0.25, -0.2) is 0 Å². The highest BCUT2D eigenvalue weighted by molar-refractivity contribution is 5.49. The summed E-state index contributed by atoms with van der Waals surface area (Å²) >= 11 is 0. The Kier molecular flexibility index (Phi) is 3.77. The molecule has 1 nitrogen and oxygen atoms in total. The van der Waals surface area contributed by atoms with E-state index < -0.39 is 0 Å². The molecule has 0 radical (unpaired) electrons. The lowest BCUT2D eigenvalue weighted by Gasteiger charge is -2.22. The molecule has 1 atom stereocenters. The molecule has 0 aromatic heterocycles. The zero-order chi connectivity index (χ0) is 14.2. The van der Waals surface area contributed by atoms with Gasteiger partial charge in [0.05, 0.1) is 6.04 Å². The highest BCUT2D eigenvalue weighted by Crippen LogP contribution is 2.31. The summed E-state index contributed by atoms with van der Waals surface area (Å²) in [5, 5.41) is 0. The molecule has 0 bridgehead atoms. The third kappa shape index (κ3) is 2.43. The summed E-state index contributed by atoms with van der Waals surface area (Å²) < 4.78 is 0. The van der Waals surface area contributed by atoms with Gasteiger partial charge in [0.25, 0.3) is 0 Å². The molecule has 0 aliphatic rings. The summed E-state index contributed by atoms with van der Waals surface area (Å²) in [6.07, 6.45) is 0. The standard InChI is InChI=1S/C18H23N/c1-11-8-6-7-9-16(11)18(19)17-14(4)12(2)10-13(3)15(17)5/h6-10,18H,19H2,1-5H3. The maximum absolute atomic E-state index is 6.56. The van der Waals surface area contributed by atoms with Gasteiger partial charge in [-0.05, 0) is 73.6 Å². The van der Waals surface area contributed by atoms with E-state index in [0.29, 0.717) is 0 Å². The van der Waals surface area contributed by atoms with E-state index in [1.54, 1.807) is 0 Å². The first-order chi connectivity index (χ1) is 8.93. The van der Waals surface area contributed by atoms with Crippen molar-refractivity contribution < 1.29 is 0 Å². The van der Waals surface area contributed by atoms with Gasteiger partial charge in [-0.3, -0.25) is 0 Å². The van der Waals surface area contributed by atoms with Crippen LogP contribution in [-0.2, 0) is 0 Å². The fourth-order valence-corrected chi connectivity index (χ4v) is 2.81. The van der Waals surface area contributed by atoms with E-state index in [9.17, 15) is 0 Å². The molecule has 1 unspecified atom stereocenters. The van der Waals surface area contributed by atoms with E-state index in [1.165, 1.54) is 38.9 Å². The highest BCUT2D eigenvalue weighted by Gasteiger charge is 2.17. The number of hydrogen-bond acceptors (Lipinski definition) is 1. The molecule has 19 heavy (non-hydrogen) atoms. The van der Waals surface area contributed by atoms with Gasteiger partial charge in [-0.15, -0.1) is 0 Å². The monoisotopic (exact) mass is 253 g/mol. The summed E-state index contributed by atoms with van der Waals surface area (Å²) in [5.74, 6) is 0.